The summed E-state index contributed by atoms with van der Waals surface area (Å²) in [6.07, 6.45) is 3.23. The lowest BCUT2D eigenvalue weighted by Crippen LogP contribution is -2.44. The Kier molecular flexibility index (Phi) is 3.70. The smallest absolute Gasteiger partial charge is 0.127 e. The number of piperidine rings is 1. The first-order valence-corrected chi connectivity index (χ1v) is 7.39. The van der Waals surface area contributed by atoms with Crippen molar-refractivity contribution >= 4 is 11.6 Å². The van der Waals surface area contributed by atoms with E-state index in [1.807, 2.05) is 19.1 Å². The zero-order valence-electron chi connectivity index (χ0n) is 11.2. The summed E-state index contributed by atoms with van der Waals surface area (Å²) in [6.45, 7) is 4.48. The molecule has 1 aromatic carbocycles. The molecule has 2 aliphatic heterocycles. The van der Waals surface area contributed by atoms with E-state index in [0.29, 0.717) is 6.61 Å². The van der Waals surface area contributed by atoms with Crippen LogP contribution in [-0.2, 0) is 0 Å². The predicted molar refractivity (Wildman–Crippen MR) is 75.9 cm³/mol. The monoisotopic (exact) mass is 281 g/mol. The van der Waals surface area contributed by atoms with Crippen molar-refractivity contribution in [3.8, 4) is 5.75 Å². The number of aryl methyl sites for hydroxylation is 1. The van der Waals surface area contributed by atoms with Crippen molar-refractivity contribution in [2.45, 2.75) is 38.3 Å². The minimum absolute atomic E-state index is 0.0291. The molecule has 2 aliphatic rings. The third kappa shape index (κ3) is 2.47. The summed E-state index contributed by atoms with van der Waals surface area (Å²) in [4.78, 5) is 2.38. The molecule has 4 heteroatoms. The lowest BCUT2D eigenvalue weighted by molar-refractivity contribution is -0.00699. The number of aliphatic hydroxyl groups is 1. The number of ether oxygens (including phenoxy) is 1. The molecule has 1 aromatic rings. The summed E-state index contributed by atoms with van der Waals surface area (Å²) in [6, 6.07) is 3.90. The van der Waals surface area contributed by atoms with E-state index in [4.69, 9.17) is 16.3 Å². The lowest BCUT2D eigenvalue weighted by atomic mass is 9.93. The Balaban J connectivity index is 2.00. The largest absolute Gasteiger partial charge is 0.490 e. The van der Waals surface area contributed by atoms with Gasteiger partial charge in [-0.05, 0) is 50.6 Å². The quantitative estimate of drug-likeness (QED) is 0.859. The molecular weight excluding hydrogens is 262 g/mol. The van der Waals surface area contributed by atoms with Crippen molar-refractivity contribution in [1.29, 1.82) is 0 Å². The van der Waals surface area contributed by atoms with Crippen molar-refractivity contribution in [2.75, 3.05) is 19.7 Å². The Hall–Kier alpha value is -0.770. The van der Waals surface area contributed by atoms with Gasteiger partial charge in [-0.3, -0.25) is 4.90 Å². The molecule has 104 valence electrons. The maximum absolute atomic E-state index is 10.3. The van der Waals surface area contributed by atoms with Gasteiger partial charge in [0.1, 0.15) is 18.5 Å². The van der Waals surface area contributed by atoms with Gasteiger partial charge in [-0.25, -0.2) is 0 Å². The molecule has 1 saturated heterocycles. The molecule has 3 rings (SSSR count). The molecule has 2 heterocycles. The standard InChI is InChI=1S/C15H20ClNO2/c1-10-7-11(16)8-12-14(13(18)9-19-15(10)12)17-5-3-2-4-6-17/h7-8,13-14,18H,2-6,9H2,1H3. The van der Waals surface area contributed by atoms with Crippen LogP contribution in [0.5, 0.6) is 5.75 Å². The summed E-state index contributed by atoms with van der Waals surface area (Å²) < 4.78 is 5.71. The Morgan fingerprint density at radius 2 is 2.00 bits per heavy atom. The van der Waals surface area contributed by atoms with Crippen LogP contribution in [0, 0.1) is 6.92 Å². The minimum Gasteiger partial charge on any atom is -0.490 e. The summed E-state index contributed by atoms with van der Waals surface area (Å²) in [5.74, 6) is 0.908. The van der Waals surface area contributed by atoms with Crippen LogP contribution in [0.25, 0.3) is 0 Å². The SMILES string of the molecule is Cc1cc(Cl)cc2c1OCC(O)C2N1CCCCC1. The molecule has 0 spiro atoms. The van der Waals surface area contributed by atoms with E-state index in [1.54, 1.807) is 0 Å². The zero-order valence-corrected chi connectivity index (χ0v) is 12.0. The van der Waals surface area contributed by atoms with Crippen molar-refractivity contribution in [1.82, 2.24) is 4.90 Å². The van der Waals surface area contributed by atoms with Gasteiger partial charge in [-0.1, -0.05) is 18.0 Å². The molecule has 19 heavy (non-hydrogen) atoms. The number of halogens is 1. The highest BCUT2D eigenvalue weighted by molar-refractivity contribution is 6.30. The molecule has 0 aliphatic carbocycles. The summed E-state index contributed by atoms with van der Waals surface area (Å²) >= 11 is 6.18. The van der Waals surface area contributed by atoms with Crippen LogP contribution >= 0.6 is 11.6 Å². The van der Waals surface area contributed by atoms with E-state index in [9.17, 15) is 5.11 Å². The van der Waals surface area contributed by atoms with Gasteiger partial charge in [0.15, 0.2) is 0 Å². The first-order chi connectivity index (χ1) is 9.16. The van der Waals surface area contributed by atoms with Gasteiger partial charge in [0.05, 0.1) is 6.04 Å². The second-order valence-electron chi connectivity index (χ2n) is 5.56. The van der Waals surface area contributed by atoms with Gasteiger partial charge >= 0.3 is 0 Å². The van der Waals surface area contributed by atoms with Crippen LogP contribution in [0.15, 0.2) is 12.1 Å². The van der Waals surface area contributed by atoms with Crippen molar-refractivity contribution in [3.05, 3.63) is 28.3 Å². The molecule has 2 unspecified atom stereocenters. The third-order valence-electron chi connectivity index (χ3n) is 4.13. The van der Waals surface area contributed by atoms with Gasteiger partial charge in [-0.2, -0.15) is 0 Å². The van der Waals surface area contributed by atoms with E-state index in [-0.39, 0.29) is 6.04 Å². The molecule has 1 fully saturated rings. The highest BCUT2D eigenvalue weighted by Crippen LogP contribution is 2.40. The first kappa shape index (κ1) is 13.2. The zero-order chi connectivity index (χ0) is 13.4. The van der Waals surface area contributed by atoms with Crippen LogP contribution in [-0.4, -0.2) is 35.8 Å². The molecule has 0 saturated carbocycles. The predicted octanol–water partition coefficient (Wildman–Crippen LogP) is 2.93. The fourth-order valence-electron chi connectivity index (χ4n) is 3.28. The average Bonchev–Trinajstić information content (AvgIpc) is 2.39. The lowest BCUT2D eigenvalue weighted by Gasteiger charge is -2.41. The maximum atomic E-state index is 10.3. The van der Waals surface area contributed by atoms with Crippen molar-refractivity contribution < 1.29 is 9.84 Å². The number of hydrogen-bond donors (Lipinski definition) is 1. The minimum atomic E-state index is -0.469. The van der Waals surface area contributed by atoms with Gasteiger partial charge < -0.3 is 9.84 Å². The van der Waals surface area contributed by atoms with E-state index < -0.39 is 6.10 Å². The van der Waals surface area contributed by atoms with E-state index in [2.05, 4.69) is 4.90 Å². The van der Waals surface area contributed by atoms with Crippen LogP contribution in [0.1, 0.15) is 36.4 Å². The number of nitrogens with zero attached hydrogens (tertiary/aromatic N) is 1. The topological polar surface area (TPSA) is 32.7 Å². The van der Waals surface area contributed by atoms with Crippen molar-refractivity contribution in [3.63, 3.8) is 0 Å². The normalized spacial score (nSPS) is 27.7. The van der Waals surface area contributed by atoms with Crippen LogP contribution in [0.2, 0.25) is 5.02 Å². The van der Waals surface area contributed by atoms with E-state index in [0.717, 1.165) is 35.0 Å². The maximum Gasteiger partial charge on any atom is 0.127 e. The summed E-state index contributed by atoms with van der Waals surface area (Å²) in [7, 11) is 0. The fourth-order valence-corrected chi connectivity index (χ4v) is 3.56. The molecule has 0 bridgehead atoms. The number of likely N-dealkylation sites (tertiary alicyclic amines) is 1. The average molecular weight is 282 g/mol. The Morgan fingerprint density at radius 3 is 2.74 bits per heavy atom. The second kappa shape index (κ2) is 5.31. The second-order valence-corrected chi connectivity index (χ2v) is 6.00. The summed E-state index contributed by atoms with van der Waals surface area (Å²) in [5, 5.41) is 11.1. The number of rotatable bonds is 1. The molecule has 3 nitrogen and oxygen atoms in total. The molecule has 0 amide bonds. The number of fused-ring (bicyclic) bond motifs is 1. The molecule has 0 aromatic heterocycles. The van der Waals surface area contributed by atoms with Gasteiger partial charge in [0, 0.05) is 10.6 Å². The number of hydrogen-bond acceptors (Lipinski definition) is 3. The molecular formula is C15H20ClNO2. The van der Waals surface area contributed by atoms with Crippen LogP contribution < -0.4 is 4.74 Å². The van der Waals surface area contributed by atoms with Crippen molar-refractivity contribution in [2.24, 2.45) is 0 Å². The molecule has 0 radical (unpaired) electrons. The van der Waals surface area contributed by atoms with Gasteiger partial charge in [0.25, 0.3) is 0 Å². The van der Waals surface area contributed by atoms with E-state index in [1.165, 1.54) is 19.3 Å². The first-order valence-electron chi connectivity index (χ1n) is 7.02. The highest BCUT2D eigenvalue weighted by Gasteiger charge is 2.35. The fraction of sp³-hybridized carbons (Fsp3) is 0.600. The van der Waals surface area contributed by atoms with Crippen LogP contribution in [0.3, 0.4) is 0 Å². The van der Waals surface area contributed by atoms with Gasteiger partial charge in [-0.15, -0.1) is 0 Å². The molecule has 1 N–H and O–H groups in total. The number of benzene rings is 1. The Morgan fingerprint density at radius 1 is 1.26 bits per heavy atom. The molecule has 2 atom stereocenters. The van der Waals surface area contributed by atoms with Gasteiger partial charge in [0.2, 0.25) is 0 Å². The summed E-state index contributed by atoms with van der Waals surface area (Å²) in [5.41, 5.74) is 2.10. The van der Waals surface area contributed by atoms with E-state index >= 15 is 0 Å². The Bertz CT molecular complexity index is 471. The van der Waals surface area contributed by atoms with Crippen LogP contribution in [0.4, 0.5) is 0 Å². The number of aliphatic hydroxyl groups excluding tert-OH is 1. The Labute approximate surface area is 119 Å². The third-order valence-corrected chi connectivity index (χ3v) is 4.35. The highest BCUT2D eigenvalue weighted by atomic mass is 35.5.